The summed E-state index contributed by atoms with van der Waals surface area (Å²) in [6, 6.07) is -0.911. The van der Waals surface area contributed by atoms with Crippen molar-refractivity contribution in [3.8, 4) is 0 Å². The number of ether oxygens (including phenoxy) is 2. The zero-order chi connectivity index (χ0) is 25.0. The number of aliphatic hydroxyl groups excluding tert-OH is 1. The molecule has 2 amide bonds. The van der Waals surface area contributed by atoms with Crippen LogP contribution in [0.3, 0.4) is 0 Å². The lowest BCUT2D eigenvalue weighted by Gasteiger charge is -2.39. The molecule has 0 aliphatic carbocycles. The topological polar surface area (TPSA) is 96.4 Å². The number of hydrogen-bond acceptors (Lipinski definition) is 6. The van der Waals surface area contributed by atoms with E-state index in [1.165, 1.54) is 4.90 Å². The molecular formula is C25H37BrN2O6. The Balaban J connectivity index is 2.00. The molecule has 0 aromatic heterocycles. The van der Waals surface area contributed by atoms with Crippen LogP contribution < -0.4 is 0 Å². The maximum Gasteiger partial charge on any atom is 0.312 e. The van der Waals surface area contributed by atoms with Crippen molar-refractivity contribution < 1.29 is 29.0 Å². The summed E-state index contributed by atoms with van der Waals surface area (Å²) >= 11 is 3.65. The lowest BCUT2D eigenvalue weighted by atomic mass is 9.70. The summed E-state index contributed by atoms with van der Waals surface area (Å²) in [6.07, 6.45) is 5.83. The van der Waals surface area contributed by atoms with Gasteiger partial charge in [0.2, 0.25) is 11.8 Å². The fraction of sp³-hybridized carbons (Fsp3) is 0.720. The minimum atomic E-state index is -1.12. The molecule has 0 aromatic rings. The van der Waals surface area contributed by atoms with Gasteiger partial charge in [0.1, 0.15) is 11.6 Å². The van der Waals surface area contributed by atoms with Gasteiger partial charge in [0.15, 0.2) is 0 Å². The number of alkyl halides is 1. The SMILES string of the molecule is C=CCCOC(=O)[C@H]1[C@H]2C(=O)N(CCCO)C(C(=O)N(CC=C)C(C)CCC)C23CC(Br)[C@@H]1O3. The Kier molecular flexibility index (Phi) is 8.98. The number of hydrogen-bond donors (Lipinski definition) is 1. The van der Waals surface area contributed by atoms with E-state index < -0.39 is 35.6 Å². The number of carbonyl (C=O) groups is 3. The van der Waals surface area contributed by atoms with Crippen molar-refractivity contribution in [3.05, 3.63) is 25.3 Å². The Labute approximate surface area is 210 Å². The third kappa shape index (κ3) is 4.58. The number of fused-ring (bicyclic) bond motifs is 1. The van der Waals surface area contributed by atoms with Crippen LogP contribution in [-0.4, -0.2) is 87.6 Å². The first kappa shape index (κ1) is 26.9. The van der Waals surface area contributed by atoms with Crippen molar-refractivity contribution >= 4 is 33.7 Å². The number of amides is 2. The smallest absolute Gasteiger partial charge is 0.312 e. The first-order valence-electron chi connectivity index (χ1n) is 12.2. The quantitative estimate of drug-likeness (QED) is 0.167. The fourth-order valence-electron chi connectivity index (χ4n) is 5.86. The average Bonchev–Trinajstić information content (AvgIpc) is 3.39. The third-order valence-corrected chi connectivity index (χ3v) is 8.11. The van der Waals surface area contributed by atoms with Crippen LogP contribution in [0.25, 0.3) is 0 Å². The molecule has 3 aliphatic heterocycles. The van der Waals surface area contributed by atoms with Gasteiger partial charge in [-0.2, -0.15) is 0 Å². The van der Waals surface area contributed by atoms with Crippen molar-refractivity contribution in [1.82, 2.24) is 9.80 Å². The van der Waals surface area contributed by atoms with Gasteiger partial charge in [0.05, 0.1) is 24.5 Å². The normalized spacial score (nSPS) is 32.4. The van der Waals surface area contributed by atoms with Gasteiger partial charge < -0.3 is 24.4 Å². The summed E-state index contributed by atoms with van der Waals surface area (Å²) in [4.78, 5) is 44.0. The molecule has 9 heteroatoms. The average molecular weight is 541 g/mol. The third-order valence-electron chi connectivity index (χ3n) is 7.27. The molecule has 1 spiro atoms. The van der Waals surface area contributed by atoms with E-state index in [0.717, 1.165) is 12.8 Å². The largest absolute Gasteiger partial charge is 0.465 e. The molecule has 3 heterocycles. The number of esters is 1. The predicted molar refractivity (Wildman–Crippen MR) is 131 cm³/mol. The van der Waals surface area contributed by atoms with E-state index in [4.69, 9.17) is 9.47 Å². The molecule has 0 aromatic carbocycles. The molecule has 7 atom stereocenters. The molecule has 1 N–H and O–H groups in total. The van der Waals surface area contributed by atoms with E-state index in [1.54, 1.807) is 17.1 Å². The number of rotatable bonds is 13. The molecule has 3 aliphatic rings. The Morgan fingerprint density at radius 2 is 2.15 bits per heavy atom. The number of carbonyl (C=O) groups excluding carboxylic acids is 3. The maximum absolute atomic E-state index is 14.1. The van der Waals surface area contributed by atoms with Crippen LogP contribution in [0.5, 0.6) is 0 Å². The van der Waals surface area contributed by atoms with E-state index >= 15 is 0 Å². The summed E-state index contributed by atoms with van der Waals surface area (Å²) in [5, 5.41) is 9.46. The molecular weight excluding hydrogens is 504 g/mol. The molecule has 8 nitrogen and oxygen atoms in total. The van der Waals surface area contributed by atoms with Gasteiger partial charge >= 0.3 is 5.97 Å². The van der Waals surface area contributed by atoms with Gasteiger partial charge in [-0.25, -0.2) is 0 Å². The molecule has 190 valence electrons. The Bertz CT molecular complexity index is 806. The first-order valence-corrected chi connectivity index (χ1v) is 13.1. The Morgan fingerprint density at radius 1 is 1.41 bits per heavy atom. The highest BCUT2D eigenvalue weighted by Gasteiger charge is 2.77. The van der Waals surface area contributed by atoms with Gasteiger partial charge in [-0.3, -0.25) is 14.4 Å². The van der Waals surface area contributed by atoms with Crippen molar-refractivity contribution in [2.24, 2.45) is 11.8 Å². The Hall–Kier alpha value is -1.71. The van der Waals surface area contributed by atoms with Crippen LogP contribution in [-0.2, 0) is 23.9 Å². The number of halogens is 1. The second-order valence-corrected chi connectivity index (χ2v) is 10.6. The molecule has 3 rings (SSSR count). The summed E-state index contributed by atoms with van der Waals surface area (Å²) in [6.45, 7) is 12.2. The predicted octanol–water partition coefficient (Wildman–Crippen LogP) is 2.44. The molecule has 34 heavy (non-hydrogen) atoms. The van der Waals surface area contributed by atoms with Gasteiger partial charge in [-0.05, 0) is 32.6 Å². The standard InChI is InChI=1S/C25H37BrN2O6/c1-5-8-14-33-24(32)18-19-22(30)28(12-9-13-29)21(25(19)15-17(26)20(18)34-25)23(31)27(11-7-3)16(4)10-6-2/h5,7,16-21,29H,1,3,6,8-15H2,2,4H3/t16?,17?,18-,19-,20-,21?,25?/m0/s1. The number of nitrogens with zero attached hydrogens (tertiary/aromatic N) is 2. The molecule has 0 radical (unpaired) electrons. The zero-order valence-corrected chi connectivity index (χ0v) is 21.7. The monoisotopic (exact) mass is 540 g/mol. The summed E-state index contributed by atoms with van der Waals surface area (Å²) in [7, 11) is 0. The molecule has 3 saturated heterocycles. The van der Waals surface area contributed by atoms with E-state index in [1.807, 2.05) is 6.92 Å². The highest BCUT2D eigenvalue weighted by Crippen LogP contribution is 2.60. The fourth-order valence-corrected chi connectivity index (χ4v) is 6.80. The molecule has 0 saturated carbocycles. The first-order chi connectivity index (χ1) is 16.3. The second-order valence-electron chi connectivity index (χ2n) is 9.43. The van der Waals surface area contributed by atoms with Crippen molar-refractivity contribution in [2.75, 3.05) is 26.3 Å². The van der Waals surface area contributed by atoms with Gasteiger partial charge in [0.25, 0.3) is 0 Å². The highest BCUT2D eigenvalue weighted by atomic mass is 79.9. The summed E-state index contributed by atoms with van der Waals surface area (Å²) < 4.78 is 11.9. The van der Waals surface area contributed by atoms with Crippen LogP contribution in [0.2, 0.25) is 0 Å². The van der Waals surface area contributed by atoms with Gasteiger partial charge in [-0.1, -0.05) is 41.4 Å². The minimum Gasteiger partial charge on any atom is -0.465 e. The second kappa shape index (κ2) is 11.4. The van der Waals surface area contributed by atoms with Crippen LogP contribution in [0.15, 0.2) is 25.3 Å². The number of likely N-dealkylation sites (tertiary alicyclic amines) is 1. The summed E-state index contributed by atoms with van der Waals surface area (Å²) in [5.74, 6) is -2.53. The van der Waals surface area contributed by atoms with Gasteiger partial charge in [0, 0.05) is 30.6 Å². The Morgan fingerprint density at radius 3 is 2.76 bits per heavy atom. The molecule has 2 bridgehead atoms. The number of aliphatic hydroxyl groups is 1. The van der Waals surface area contributed by atoms with Crippen LogP contribution >= 0.6 is 15.9 Å². The van der Waals surface area contributed by atoms with Crippen LogP contribution in [0, 0.1) is 11.8 Å². The van der Waals surface area contributed by atoms with E-state index in [-0.39, 0.29) is 42.4 Å². The van der Waals surface area contributed by atoms with Crippen LogP contribution in [0.4, 0.5) is 0 Å². The van der Waals surface area contributed by atoms with Crippen molar-refractivity contribution in [3.63, 3.8) is 0 Å². The van der Waals surface area contributed by atoms with E-state index in [0.29, 0.717) is 25.8 Å². The zero-order valence-electron chi connectivity index (χ0n) is 20.2. The highest BCUT2D eigenvalue weighted by molar-refractivity contribution is 9.09. The molecule has 3 fully saturated rings. The maximum atomic E-state index is 14.1. The van der Waals surface area contributed by atoms with E-state index in [2.05, 4.69) is 36.0 Å². The van der Waals surface area contributed by atoms with Crippen molar-refractivity contribution in [2.45, 2.75) is 74.6 Å². The van der Waals surface area contributed by atoms with E-state index in [9.17, 15) is 19.5 Å². The summed E-state index contributed by atoms with van der Waals surface area (Å²) in [5.41, 5.74) is -1.12. The lowest BCUT2D eigenvalue weighted by molar-refractivity contribution is -0.155. The van der Waals surface area contributed by atoms with Crippen LogP contribution in [0.1, 0.15) is 46.0 Å². The molecule has 4 unspecified atom stereocenters. The minimum absolute atomic E-state index is 0.0428. The van der Waals surface area contributed by atoms with Crippen molar-refractivity contribution in [1.29, 1.82) is 0 Å². The lowest BCUT2D eigenvalue weighted by Crippen LogP contribution is -2.58. The van der Waals surface area contributed by atoms with Gasteiger partial charge in [-0.15, -0.1) is 13.2 Å².